The molecule has 0 saturated carbocycles. The van der Waals surface area contributed by atoms with Gasteiger partial charge in [-0.05, 0) is 32.1 Å². The zero-order chi connectivity index (χ0) is 10.2. The van der Waals surface area contributed by atoms with E-state index in [1.54, 1.807) is 0 Å². The van der Waals surface area contributed by atoms with Crippen molar-refractivity contribution in [3.8, 4) is 0 Å². The molecule has 0 aromatic rings. The van der Waals surface area contributed by atoms with Gasteiger partial charge < -0.3 is 9.47 Å². The van der Waals surface area contributed by atoms with Crippen LogP contribution in [0.5, 0.6) is 0 Å². The average Bonchev–Trinajstić information content (AvgIpc) is 2.97. The second-order valence-corrected chi connectivity index (χ2v) is 4.29. The second kappa shape index (κ2) is 3.39. The summed E-state index contributed by atoms with van der Waals surface area (Å²) < 4.78 is 10.1. The van der Waals surface area contributed by atoms with Gasteiger partial charge in [0.25, 0.3) is 0 Å². The van der Waals surface area contributed by atoms with Crippen LogP contribution in [-0.4, -0.2) is 25.3 Å². The minimum absolute atomic E-state index is 0.0954. The lowest BCUT2D eigenvalue weighted by Crippen LogP contribution is -2.24. The maximum Gasteiger partial charge on any atom is 0.333 e. The predicted molar refractivity (Wildman–Crippen MR) is 51.8 cm³/mol. The van der Waals surface area contributed by atoms with Gasteiger partial charge in [0.15, 0.2) is 0 Å². The van der Waals surface area contributed by atoms with Crippen LogP contribution in [0.4, 0.5) is 0 Å². The molecule has 0 aromatic carbocycles. The molecule has 0 bridgehead atoms. The Hall–Kier alpha value is -0.830. The third kappa shape index (κ3) is 1.69. The van der Waals surface area contributed by atoms with E-state index in [4.69, 9.17) is 4.74 Å². The molecule has 3 heteroatoms. The van der Waals surface area contributed by atoms with Crippen LogP contribution >= 0.6 is 0 Å². The molecular formula is C11H16O3. The van der Waals surface area contributed by atoms with Crippen LogP contribution in [0, 0.1) is 5.92 Å². The van der Waals surface area contributed by atoms with Crippen LogP contribution in [0.15, 0.2) is 11.6 Å². The SMILES string of the molecule is COC(=O)C1=CCC(C2(C)CO2)CC1. The van der Waals surface area contributed by atoms with Gasteiger partial charge >= 0.3 is 5.97 Å². The average molecular weight is 196 g/mol. The highest BCUT2D eigenvalue weighted by molar-refractivity contribution is 5.88. The smallest absolute Gasteiger partial charge is 0.333 e. The summed E-state index contributed by atoms with van der Waals surface area (Å²) in [5.41, 5.74) is 0.922. The molecule has 78 valence electrons. The van der Waals surface area contributed by atoms with Crippen LogP contribution < -0.4 is 0 Å². The summed E-state index contributed by atoms with van der Waals surface area (Å²) in [6.45, 7) is 3.02. The summed E-state index contributed by atoms with van der Waals surface area (Å²) in [5.74, 6) is 0.404. The molecule has 1 aliphatic heterocycles. The molecule has 0 aromatic heterocycles. The Bertz CT molecular complexity index is 276. The van der Waals surface area contributed by atoms with Crippen molar-refractivity contribution in [1.82, 2.24) is 0 Å². The van der Waals surface area contributed by atoms with E-state index in [0.717, 1.165) is 31.4 Å². The van der Waals surface area contributed by atoms with E-state index in [2.05, 4.69) is 11.7 Å². The van der Waals surface area contributed by atoms with Gasteiger partial charge in [0.1, 0.15) is 0 Å². The fourth-order valence-corrected chi connectivity index (χ4v) is 2.05. The minimum atomic E-state index is -0.176. The summed E-state index contributed by atoms with van der Waals surface area (Å²) in [4.78, 5) is 11.2. The van der Waals surface area contributed by atoms with Crippen LogP contribution in [0.2, 0.25) is 0 Å². The molecule has 14 heavy (non-hydrogen) atoms. The van der Waals surface area contributed by atoms with Crippen molar-refractivity contribution in [3.63, 3.8) is 0 Å². The normalized spacial score (nSPS) is 36.1. The van der Waals surface area contributed by atoms with Crippen LogP contribution in [0.25, 0.3) is 0 Å². The van der Waals surface area contributed by atoms with Crippen molar-refractivity contribution < 1.29 is 14.3 Å². The summed E-state index contributed by atoms with van der Waals surface area (Å²) in [6.07, 6.45) is 4.82. The number of hydrogen-bond donors (Lipinski definition) is 0. The van der Waals surface area contributed by atoms with Crippen molar-refractivity contribution in [1.29, 1.82) is 0 Å². The molecule has 2 rings (SSSR count). The van der Waals surface area contributed by atoms with Gasteiger partial charge in [-0.3, -0.25) is 0 Å². The largest absolute Gasteiger partial charge is 0.466 e. The molecule has 1 aliphatic carbocycles. The lowest BCUT2D eigenvalue weighted by molar-refractivity contribution is -0.136. The number of carbonyl (C=O) groups excluding carboxylic acids is 1. The third-order valence-electron chi connectivity index (χ3n) is 3.32. The molecule has 2 atom stereocenters. The highest BCUT2D eigenvalue weighted by atomic mass is 16.6. The number of esters is 1. The Morgan fingerprint density at radius 3 is 2.86 bits per heavy atom. The summed E-state index contributed by atoms with van der Waals surface area (Å²) >= 11 is 0. The van der Waals surface area contributed by atoms with Gasteiger partial charge in [-0.1, -0.05) is 6.08 Å². The Kier molecular flexibility index (Phi) is 2.35. The first-order valence-corrected chi connectivity index (χ1v) is 5.07. The Balaban J connectivity index is 1.96. The summed E-state index contributed by atoms with van der Waals surface area (Å²) in [6, 6.07) is 0. The van der Waals surface area contributed by atoms with Crippen LogP contribution in [-0.2, 0) is 14.3 Å². The van der Waals surface area contributed by atoms with Gasteiger partial charge in [0, 0.05) is 5.57 Å². The van der Waals surface area contributed by atoms with Crippen molar-refractivity contribution in [2.45, 2.75) is 31.8 Å². The Labute approximate surface area is 84.1 Å². The predicted octanol–water partition coefficient (Wildman–Crippen LogP) is 1.67. The fourth-order valence-electron chi connectivity index (χ4n) is 2.05. The van der Waals surface area contributed by atoms with Gasteiger partial charge in [-0.15, -0.1) is 0 Å². The molecule has 3 nitrogen and oxygen atoms in total. The molecule has 0 amide bonds. The highest BCUT2D eigenvalue weighted by Gasteiger charge is 2.46. The van der Waals surface area contributed by atoms with E-state index in [0.29, 0.717) is 5.92 Å². The highest BCUT2D eigenvalue weighted by Crippen LogP contribution is 2.42. The lowest BCUT2D eigenvalue weighted by atomic mass is 9.81. The molecular weight excluding hydrogens is 180 g/mol. The topological polar surface area (TPSA) is 38.8 Å². The maximum absolute atomic E-state index is 11.2. The van der Waals surface area contributed by atoms with Crippen molar-refractivity contribution in [2.24, 2.45) is 5.92 Å². The van der Waals surface area contributed by atoms with Gasteiger partial charge in [0.05, 0.1) is 19.3 Å². The van der Waals surface area contributed by atoms with E-state index in [1.165, 1.54) is 7.11 Å². The molecule has 2 unspecified atom stereocenters. The summed E-state index contributed by atoms with van der Waals surface area (Å²) in [7, 11) is 1.43. The van der Waals surface area contributed by atoms with Crippen molar-refractivity contribution in [3.05, 3.63) is 11.6 Å². The second-order valence-electron chi connectivity index (χ2n) is 4.29. The monoisotopic (exact) mass is 196 g/mol. The number of rotatable bonds is 2. The first-order chi connectivity index (χ1) is 6.65. The molecule has 2 aliphatic rings. The number of methoxy groups -OCH3 is 1. The molecule has 0 radical (unpaired) electrons. The van der Waals surface area contributed by atoms with Gasteiger partial charge in [0.2, 0.25) is 0 Å². The molecule has 1 saturated heterocycles. The number of hydrogen-bond acceptors (Lipinski definition) is 3. The number of allylic oxidation sites excluding steroid dienone is 1. The number of epoxide rings is 1. The van der Waals surface area contributed by atoms with E-state index >= 15 is 0 Å². The minimum Gasteiger partial charge on any atom is -0.466 e. The van der Waals surface area contributed by atoms with E-state index in [-0.39, 0.29) is 11.6 Å². The standard InChI is InChI=1S/C11H16O3/c1-11(7-14-11)9-5-3-8(4-6-9)10(12)13-2/h3,9H,4-7H2,1-2H3. The van der Waals surface area contributed by atoms with Crippen molar-refractivity contribution in [2.75, 3.05) is 13.7 Å². The number of carbonyl (C=O) groups is 1. The quantitative estimate of drug-likeness (QED) is 0.498. The van der Waals surface area contributed by atoms with Crippen LogP contribution in [0.1, 0.15) is 26.2 Å². The molecule has 0 spiro atoms. The molecule has 1 fully saturated rings. The first-order valence-electron chi connectivity index (χ1n) is 5.07. The lowest BCUT2D eigenvalue weighted by Gasteiger charge is -2.23. The van der Waals surface area contributed by atoms with Gasteiger partial charge in [-0.2, -0.15) is 0 Å². The maximum atomic E-state index is 11.2. The Morgan fingerprint density at radius 1 is 1.71 bits per heavy atom. The zero-order valence-corrected chi connectivity index (χ0v) is 8.71. The first kappa shape index (κ1) is 9.71. The molecule has 0 N–H and O–H groups in total. The zero-order valence-electron chi connectivity index (χ0n) is 8.71. The third-order valence-corrected chi connectivity index (χ3v) is 3.32. The van der Waals surface area contributed by atoms with E-state index in [1.807, 2.05) is 6.08 Å². The van der Waals surface area contributed by atoms with E-state index < -0.39 is 0 Å². The van der Waals surface area contributed by atoms with Crippen LogP contribution in [0.3, 0.4) is 0 Å². The summed E-state index contributed by atoms with van der Waals surface area (Å²) in [5, 5.41) is 0. The Morgan fingerprint density at radius 2 is 2.43 bits per heavy atom. The molecule has 1 heterocycles. The van der Waals surface area contributed by atoms with Gasteiger partial charge in [-0.25, -0.2) is 4.79 Å². The number of ether oxygens (including phenoxy) is 2. The fraction of sp³-hybridized carbons (Fsp3) is 0.727. The van der Waals surface area contributed by atoms with Crippen molar-refractivity contribution >= 4 is 5.97 Å². The van der Waals surface area contributed by atoms with E-state index in [9.17, 15) is 4.79 Å².